The first kappa shape index (κ1) is 26.5. The maximum Gasteiger partial charge on any atom is 0.142 e. The van der Waals surface area contributed by atoms with Crippen molar-refractivity contribution in [2.24, 2.45) is 0 Å². The van der Waals surface area contributed by atoms with Crippen molar-refractivity contribution in [3.05, 3.63) is 89.2 Å². The standard InChI is InChI=1S/C31H37FN2O4/c1-35-17-2-15-34-16-18-36-30-12-5-24(19-29(30)34)22-38-31-20-33-14-13-28(31)25-6-3-23(4-7-25)21-37-27-10-8-26(32)9-11-27/h3-12,19,28,31,33H,2,13-18,20-22H2,1H3/t28-,31+/m1/s1. The molecule has 2 atom stereocenters. The molecule has 0 saturated carbocycles. The molecule has 2 heterocycles. The first-order valence-electron chi connectivity index (χ1n) is 13.5. The smallest absolute Gasteiger partial charge is 0.142 e. The van der Waals surface area contributed by atoms with Crippen LogP contribution in [-0.4, -0.2) is 52.6 Å². The highest BCUT2D eigenvalue weighted by atomic mass is 19.1. The zero-order chi connectivity index (χ0) is 26.2. The number of ether oxygens (including phenoxy) is 4. The molecule has 0 radical (unpaired) electrons. The predicted molar refractivity (Wildman–Crippen MR) is 147 cm³/mol. The van der Waals surface area contributed by atoms with Gasteiger partial charge in [-0.3, -0.25) is 0 Å². The monoisotopic (exact) mass is 520 g/mol. The molecule has 3 aromatic carbocycles. The molecule has 202 valence electrons. The van der Waals surface area contributed by atoms with Crippen molar-refractivity contribution < 1.29 is 23.3 Å². The zero-order valence-corrected chi connectivity index (χ0v) is 22.0. The van der Waals surface area contributed by atoms with Crippen molar-refractivity contribution in [1.29, 1.82) is 0 Å². The van der Waals surface area contributed by atoms with Gasteiger partial charge in [-0.2, -0.15) is 0 Å². The van der Waals surface area contributed by atoms with Crippen LogP contribution in [0.1, 0.15) is 35.4 Å². The number of nitrogens with one attached hydrogen (secondary N) is 1. The molecule has 7 heteroatoms. The number of anilines is 1. The van der Waals surface area contributed by atoms with Gasteiger partial charge in [-0.25, -0.2) is 4.39 Å². The van der Waals surface area contributed by atoms with E-state index in [-0.39, 0.29) is 11.9 Å². The molecule has 38 heavy (non-hydrogen) atoms. The lowest BCUT2D eigenvalue weighted by molar-refractivity contribution is 0.0106. The SMILES string of the molecule is COCCCN1CCOc2ccc(CO[C@H]3CNCC[C@@H]3c3ccc(COc4ccc(F)cc4)cc3)cc21. The summed E-state index contributed by atoms with van der Waals surface area (Å²) in [5.74, 6) is 1.67. The molecule has 0 aromatic heterocycles. The summed E-state index contributed by atoms with van der Waals surface area (Å²) < 4.78 is 36.5. The average molecular weight is 521 g/mol. The molecular formula is C31H37FN2O4. The Kier molecular flexibility index (Phi) is 9.12. The molecule has 2 aliphatic heterocycles. The van der Waals surface area contributed by atoms with Crippen LogP contribution in [0.3, 0.4) is 0 Å². The van der Waals surface area contributed by atoms with Gasteiger partial charge in [0.05, 0.1) is 24.9 Å². The largest absolute Gasteiger partial charge is 0.490 e. The second-order valence-corrected chi connectivity index (χ2v) is 9.92. The van der Waals surface area contributed by atoms with Crippen molar-refractivity contribution in [3.8, 4) is 11.5 Å². The number of piperidine rings is 1. The summed E-state index contributed by atoms with van der Waals surface area (Å²) in [6.07, 6.45) is 2.11. The van der Waals surface area contributed by atoms with Crippen LogP contribution in [0.2, 0.25) is 0 Å². The van der Waals surface area contributed by atoms with E-state index in [2.05, 4.69) is 52.7 Å². The molecule has 5 rings (SSSR count). The first-order chi connectivity index (χ1) is 18.7. The number of halogens is 1. The van der Waals surface area contributed by atoms with Crippen molar-refractivity contribution in [2.75, 3.05) is 51.4 Å². The number of benzene rings is 3. The van der Waals surface area contributed by atoms with Crippen LogP contribution in [0.4, 0.5) is 10.1 Å². The summed E-state index contributed by atoms with van der Waals surface area (Å²) in [4.78, 5) is 2.38. The van der Waals surface area contributed by atoms with Crippen LogP contribution >= 0.6 is 0 Å². The van der Waals surface area contributed by atoms with Crippen LogP contribution in [-0.2, 0) is 22.7 Å². The molecule has 0 unspecified atom stereocenters. The Bertz CT molecular complexity index is 1160. The number of nitrogens with zero attached hydrogens (tertiary/aromatic N) is 1. The minimum absolute atomic E-state index is 0.0927. The van der Waals surface area contributed by atoms with Crippen molar-refractivity contribution >= 4 is 5.69 Å². The van der Waals surface area contributed by atoms with Gasteiger partial charge < -0.3 is 29.2 Å². The number of fused-ring (bicyclic) bond motifs is 1. The molecule has 6 nitrogen and oxygen atoms in total. The van der Waals surface area contributed by atoms with E-state index in [0.717, 1.165) is 68.2 Å². The van der Waals surface area contributed by atoms with Gasteiger partial charge >= 0.3 is 0 Å². The Balaban J connectivity index is 1.19. The molecule has 1 saturated heterocycles. The second kappa shape index (κ2) is 13.1. The van der Waals surface area contributed by atoms with Crippen LogP contribution < -0.4 is 19.7 Å². The van der Waals surface area contributed by atoms with Crippen LogP contribution in [0.15, 0.2) is 66.7 Å². The summed E-state index contributed by atoms with van der Waals surface area (Å²) in [7, 11) is 1.75. The minimum Gasteiger partial charge on any atom is -0.490 e. The third-order valence-corrected chi connectivity index (χ3v) is 7.28. The van der Waals surface area contributed by atoms with E-state index in [1.54, 1.807) is 19.2 Å². The Morgan fingerprint density at radius 2 is 1.82 bits per heavy atom. The third-order valence-electron chi connectivity index (χ3n) is 7.28. The van der Waals surface area contributed by atoms with Gasteiger partial charge in [0.1, 0.15) is 30.5 Å². The second-order valence-electron chi connectivity index (χ2n) is 9.92. The Labute approximate surface area is 224 Å². The van der Waals surface area contributed by atoms with Gasteiger partial charge in [0.2, 0.25) is 0 Å². The molecule has 0 bridgehead atoms. The van der Waals surface area contributed by atoms with Crippen molar-refractivity contribution in [3.63, 3.8) is 0 Å². The van der Waals surface area contributed by atoms with E-state index < -0.39 is 0 Å². The van der Waals surface area contributed by atoms with Gasteiger partial charge in [-0.05, 0) is 72.5 Å². The number of hydrogen-bond acceptors (Lipinski definition) is 6. The van der Waals surface area contributed by atoms with E-state index >= 15 is 0 Å². The van der Waals surface area contributed by atoms with Crippen molar-refractivity contribution in [1.82, 2.24) is 5.32 Å². The summed E-state index contributed by atoms with van der Waals surface area (Å²) >= 11 is 0. The topological polar surface area (TPSA) is 52.2 Å². The molecule has 2 aliphatic rings. The van der Waals surface area contributed by atoms with E-state index in [4.69, 9.17) is 18.9 Å². The van der Waals surface area contributed by atoms with Gasteiger partial charge in [0, 0.05) is 32.7 Å². The van der Waals surface area contributed by atoms with Crippen LogP contribution in [0.25, 0.3) is 0 Å². The molecule has 0 spiro atoms. The number of methoxy groups -OCH3 is 1. The fraction of sp³-hybridized carbons (Fsp3) is 0.419. The van der Waals surface area contributed by atoms with Crippen molar-refractivity contribution in [2.45, 2.75) is 38.1 Å². The third kappa shape index (κ3) is 6.84. The highest BCUT2D eigenvalue weighted by Gasteiger charge is 2.27. The van der Waals surface area contributed by atoms with E-state index in [0.29, 0.717) is 31.5 Å². The zero-order valence-electron chi connectivity index (χ0n) is 22.0. The lowest BCUT2D eigenvalue weighted by Crippen LogP contribution is -2.41. The molecule has 0 aliphatic carbocycles. The maximum absolute atomic E-state index is 13.1. The fourth-order valence-corrected chi connectivity index (χ4v) is 5.19. The highest BCUT2D eigenvalue weighted by Crippen LogP contribution is 2.34. The minimum atomic E-state index is -0.263. The molecule has 3 aromatic rings. The number of rotatable bonds is 11. The normalized spacial score (nSPS) is 19.1. The van der Waals surface area contributed by atoms with E-state index in [1.165, 1.54) is 17.7 Å². The quantitative estimate of drug-likeness (QED) is 0.346. The lowest BCUT2D eigenvalue weighted by atomic mass is 9.87. The molecule has 1 fully saturated rings. The molecule has 0 amide bonds. The van der Waals surface area contributed by atoms with Gasteiger partial charge in [0.15, 0.2) is 0 Å². The summed E-state index contributed by atoms with van der Waals surface area (Å²) in [5.41, 5.74) is 4.66. The summed E-state index contributed by atoms with van der Waals surface area (Å²) in [6.45, 7) is 6.13. The van der Waals surface area contributed by atoms with Gasteiger partial charge in [-0.1, -0.05) is 30.3 Å². The lowest BCUT2D eigenvalue weighted by Gasteiger charge is -2.33. The Morgan fingerprint density at radius 1 is 1.00 bits per heavy atom. The number of hydrogen-bond donors (Lipinski definition) is 1. The van der Waals surface area contributed by atoms with Crippen LogP contribution in [0, 0.1) is 5.82 Å². The Hall–Kier alpha value is -3.13. The first-order valence-corrected chi connectivity index (χ1v) is 13.5. The predicted octanol–water partition coefficient (Wildman–Crippen LogP) is 5.30. The highest BCUT2D eigenvalue weighted by molar-refractivity contribution is 5.61. The van der Waals surface area contributed by atoms with E-state index in [1.807, 2.05) is 0 Å². The fourth-order valence-electron chi connectivity index (χ4n) is 5.19. The maximum atomic E-state index is 13.1. The Morgan fingerprint density at radius 3 is 2.63 bits per heavy atom. The molecular weight excluding hydrogens is 483 g/mol. The molecule has 1 N–H and O–H groups in total. The van der Waals surface area contributed by atoms with Gasteiger partial charge in [-0.15, -0.1) is 0 Å². The van der Waals surface area contributed by atoms with E-state index in [9.17, 15) is 4.39 Å². The summed E-state index contributed by atoms with van der Waals surface area (Å²) in [5, 5.41) is 3.50. The van der Waals surface area contributed by atoms with Gasteiger partial charge in [0.25, 0.3) is 0 Å². The average Bonchev–Trinajstić information content (AvgIpc) is 2.96. The van der Waals surface area contributed by atoms with Crippen LogP contribution in [0.5, 0.6) is 11.5 Å². The summed E-state index contributed by atoms with van der Waals surface area (Å²) in [6, 6.07) is 21.1.